The molecule has 0 radical (unpaired) electrons. The molecule has 4 nitrogen and oxygen atoms in total. The zero-order valence-electron chi connectivity index (χ0n) is 9.84. The van der Waals surface area contributed by atoms with Crippen LogP contribution in [0.25, 0.3) is 16.7 Å². The van der Waals surface area contributed by atoms with Crippen LogP contribution in [0, 0.1) is 0 Å². The smallest absolute Gasteiger partial charge is 0.224 e. The normalized spacial score (nSPS) is 11.0. The molecule has 3 rings (SSSR count). The number of benzene rings is 1. The first-order valence-electron chi connectivity index (χ1n) is 5.73. The van der Waals surface area contributed by atoms with Crippen LogP contribution in [0.5, 0.6) is 0 Å². The van der Waals surface area contributed by atoms with Crippen LogP contribution < -0.4 is 0 Å². The summed E-state index contributed by atoms with van der Waals surface area (Å²) in [5.74, 6) is 0. The molecule has 2 heterocycles. The fraction of sp³-hybridized carbons (Fsp3) is 0.154. The van der Waals surface area contributed by atoms with Crippen molar-refractivity contribution in [2.75, 3.05) is 0 Å². The van der Waals surface area contributed by atoms with Crippen LogP contribution in [-0.4, -0.2) is 19.7 Å². The van der Waals surface area contributed by atoms with Gasteiger partial charge in [0, 0.05) is 6.20 Å². The second-order valence-electron chi connectivity index (χ2n) is 3.99. The minimum atomic E-state index is 0.231. The molecule has 0 fully saturated rings. The molecule has 0 saturated heterocycles. The van der Waals surface area contributed by atoms with E-state index in [4.69, 9.17) is 11.6 Å². The van der Waals surface area contributed by atoms with E-state index in [0.29, 0.717) is 0 Å². The number of rotatable bonds is 2. The molecule has 0 unspecified atom stereocenters. The van der Waals surface area contributed by atoms with E-state index in [0.717, 1.165) is 23.1 Å². The fourth-order valence-electron chi connectivity index (χ4n) is 1.86. The molecule has 5 heteroatoms. The van der Waals surface area contributed by atoms with Crippen molar-refractivity contribution in [2.24, 2.45) is 0 Å². The van der Waals surface area contributed by atoms with Crippen molar-refractivity contribution in [2.45, 2.75) is 13.3 Å². The van der Waals surface area contributed by atoms with Crippen LogP contribution in [0.15, 0.2) is 36.7 Å². The lowest BCUT2D eigenvalue weighted by molar-refractivity contribution is 0.893. The van der Waals surface area contributed by atoms with Crippen molar-refractivity contribution >= 4 is 22.6 Å². The van der Waals surface area contributed by atoms with Gasteiger partial charge in [0.15, 0.2) is 5.65 Å². The number of aromatic nitrogens is 4. The summed E-state index contributed by atoms with van der Waals surface area (Å²) < 4.78 is 1.77. The van der Waals surface area contributed by atoms with Crippen molar-refractivity contribution in [1.29, 1.82) is 0 Å². The highest BCUT2D eigenvalue weighted by molar-refractivity contribution is 6.28. The maximum Gasteiger partial charge on any atom is 0.224 e. The van der Waals surface area contributed by atoms with Gasteiger partial charge in [0.05, 0.1) is 17.3 Å². The van der Waals surface area contributed by atoms with Gasteiger partial charge in [0.25, 0.3) is 0 Å². The molecule has 18 heavy (non-hydrogen) atoms. The summed E-state index contributed by atoms with van der Waals surface area (Å²) in [6, 6.07) is 8.24. The van der Waals surface area contributed by atoms with Gasteiger partial charge in [-0.1, -0.05) is 19.1 Å². The third kappa shape index (κ3) is 1.84. The molecule has 0 aliphatic heterocycles. The lowest BCUT2D eigenvalue weighted by Crippen LogP contribution is -1.98. The van der Waals surface area contributed by atoms with Crippen LogP contribution in [0.4, 0.5) is 0 Å². The SMILES string of the molecule is CCc1ccc(-n2ncc3cnc(Cl)nc32)cc1. The van der Waals surface area contributed by atoms with Gasteiger partial charge in [-0.3, -0.25) is 0 Å². The Morgan fingerprint density at radius 1 is 1.17 bits per heavy atom. The molecule has 0 spiro atoms. The van der Waals surface area contributed by atoms with Gasteiger partial charge in [-0.25, -0.2) is 9.67 Å². The van der Waals surface area contributed by atoms with E-state index in [9.17, 15) is 0 Å². The Morgan fingerprint density at radius 3 is 2.67 bits per heavy atom. The number of nitrogens with zero attached hydrogens (tertiary/aromatic N) is 4. The van der Waals surface area contributed by atoms with Crippen molar-refractivity contribution in [1.82, 2.24) is 19.7 Å². The topological polar surface area (TPSA) is 43.6 Å². The van der Waals surface area contributed by atoms with E-state index in [-0.39, 0.29) is 5.28 Å². The van der Waals surface area contributed by atoms with Crippen LogP contribution in [-0.2, 0) is 6.42 Å². The molecule has 3 aromatic rings. The lowest BCUT2D eigenvalue weighted by Gasteiger charge is -2.03. The van der Waals surface area contributed by atoms with Gasteiger partial charge in [-0.05, 0) is 35.7 Å². The van der Waals surface area contributed by atoms with Crippen molar-refractivity contribution < 1.29 is 0 Å². The fourth-order valence-corrected chi connectivity index (χ4v) is 1.99. The minimum Gasteiger partial charge on any atom is -0.226 e. The Balaban J connectivity index is 2.15. The molecular weight excluding hydrogens is 248 g/mol. The molecule has 0 saturated carbocycles. The molecule has 90 valence electrons. The molecule has 0 bridgehead atoms. The number of aryl methyl sites for hydroxylation is 1. The van der Waals surface area contributed by atoms with Crippen LogP contribution >= 0.6 is 11.6 Å². The molecule has 0 aliphatic rings. The van der Waals surface area contributed by atoms with Crippen LogP contribution in [0.3, 0.4) is 0 Å². The van der Waals surface area contributed by atoms with E-state index in [1.165, 1.54) is 5.56 Å². The first-order valence-corrected chi connectivity index (χ1v) is 6.11. The minimum absolute atomic E-state index is 0.231. The van der Waals surface area contributed by atoms with E-state index in [2.05, 4.69) is 34.1 Å². The highest BCUT2D eigenvalue weighted by Gasteiger charge is 2.07. The first-order chi connectivity index (χ1) is 8.78. The predicted molar refractivity (Wildman–Crippen MR) is 71.0 cm³/mol. The van der Waals surface area contributed by atoms with Gasteiger partial charge < -0.3 is 0 Å². The monoisotopic (exact) mass is 258 g/mol. The van der Waals surface area contributed by atoms with Gasteiger partial charge in [0.1, 0.15) is 0 Å². The summed E-state index contributed by atoms with van der Waals surface area (Å²) in [5.41, 5.74) is 2.99. The summed E-state index contributed by atoms with van der Waals surface area (Å²) in [6.07, 6.45) is 4.43. The Bertz CT molecular complexity index is 688. The standard InChI is InChI=1S/C13H11ClN4/c1-2-9-3-5-11(6-4-9)18-12-10(8-16-18)7-15-13(14)17-12/h3-8H,2H2,1H3. The molecule has 0 N–H and O–H groups in total. The van der Waals surface area contributed by atoms with Crippen molar-refractivity contribution in [3.63, 3.8) is 0 Å². The third-order valence-corrected chi connectivity index (χ3v) is 3.05. The van der Waals surface area contributed by atoms with Crippen molar-refractivity contribution in [3.05, 3.63) is 47.5 Å². The van der Waals surface area contributed by atoms with Gasteiger partial charge in [-0.2, -0.15) is 10.1 Å². The molecule has 0 atom stereocenters. The van der Waals surface area contributed by atoms with Gasteiger partial charge in [0.2, 0.25) is 5.28 Å². The van der Waals surface area contributed by atoms with E-state index < -0.39 is 0 Å². The Morgan fingerprint density at radius 2 is 1.94 bits per heavy atom. The molecule has 0 aliphatic carbocycles. The predicted octanol–water partition coefficient (Wildman–Crippen LogP) is 3.03. The number of hydrogen-bond donors (Lipinski definition) is 0. The summed E-state index contributed by atoms with van der Waals surface area (Å²) in [6.45, 7) is 2.13. The van der Waals surface area contributed by atoms with Gasteiger partial charge >= 0.3 is 0 Å². The maximum absolute atomic E-state index is 5.82. The van der Waals surface area contributed by atoms with Crippen molar-refractivity contribution in [3.8, 4) is 5.69 Å². The number of fused-ring (bicyclic) bond motifs is 1. The lowest BCUT2D eigenvalue weighted by atomic mass is 10.1. The second kappa shape index (κ2) is 4.38. The largest absolute Gasteiger partial charge is 0.226 e. The Hall–Kier alpha value is -1.94. The summed E-state index contributed by atoms with van der Waals surface area (Å²) in [5, 5.41) is 5.42. The second-order valence-corrected chi connectivity index (χ2v) is 4.33. The highest BCUT2D eigenvalue weighted by Crippen LogP contribution is 2.17. The third-order valence-electron chi connectivity index (χ3n) is 2.87. The zero-order valence-corrected chi connectivity index (χ0v) is 10.6. The van der Waals surface area contributed by atoms with E-state index >= 15 is 0 Å². The Kier molecular flexibility index (Phi) is 2.72. The average Bonchev–Trinajstić information content (AvgIpc) is 2.82. The average molecular weight is 259 g/mol. The summed E-state index contributed by atoms with van der Waals surface area (Å²) in [7, 11) is 0. The van der Waals surface area contributed by atoms with E-state index in [1.54, 1.807) is 17.1 Å². The first kappa shape index (κ1) is 11.2. The Labute approximate surface area is 109 Å². The van der Waals surface area contributed by atoms with Crippen LogP contribution in [0.1, 0.15) is 12.5 Å². The zero-order chi connectivity index (χ0) is 12.5. The highest BCUT2D eigenvalue weighted by atomic mass is 35.5. The molecule has 1 aromatic carbocycles. The summed E-state index contributed by atoms with van der Waals surface area (Å²) in [4.78, 5) is 8.15. The van der Waals surface area contributed by atoms with E-state index in [1.807, 2.05) is 12.1 Å². The maximum atomic E-state index is 5.82. The molecular formula is C13H11ClN4. The number of halogens is 1. The number of hydrogen-bond acceptors (Lipinski definition) is 3. The quantitative estimate of drug-likeness (QED) is 0.664. The summed E-state index contributed by atoms with van der Waals surface area (Å²) >= 11 is 5.82. The van der Waals surface area contributed by atoms with Gasteiger partial charge in [-0.15, -0.1) is 0 Å². The van der Waals surface area contributed by atoms with Crippen LogP contribution in [0.2, 0.25) is 5.28 Å². The molecule has 2 aromatic heterocycles. The molecule has 0 amide bonds.